The van der Waals surface area contributed by atoms with Gasteiger partial charge in [0.25, 0.3) is 0 Å². The molecular formula is C56H43N3. The molecule has 282 valence electrons. The molecule has 3 nitrogen and oxygen atoms in total. The van der Waals surface area contributed by atoms with Gasteiger partial charge in [0.1, 0.15) is 0 Å². The highest BCUT2D eigenvalue weighted by molar-refractivity contribution is 5.89. The number of benzene rings is 7. The minimum absolute atomic E-state index is 0.0710. The number of hydrogen-bond acceptors (Lipinski definition) is 3. The summed E-state index contributed by atoms with van der Waals surface area (Å²) in [4.78, 5) is 15.8. The van der Waals surface area contributed by atoms with E-state index in [1.165, 1.54) is 82.2 Å². The largest absolute Gasteiger partial charge is 0.208 e. The van der Waals surface area contributed by atoms with Crippen molar-refractivity contribution in [1.29, 1.82) is 0 Å². The van der Waals surface area contributed by atoms with E-state index in [9.17, 15) is 0 Å². The van der Waals surface area contributed by atoms with Gasteiger partial charge in [-0.25, -0.2) is 15.0 Å². The first-order valence-corrected chi connectivity index (χ1v) is 21.6. The number of aromatic nitrogens is 3. The molecule has 0 unspecified atom stereocenters. The SMILES string of the molecule is c1ccc(-c2ccc(-c3nc(-c4ccccc4)nc(-c4ccc5c(c4)C4(c6ccccc6C56c5ccccc5-c5ccccc56)C5CC6CC(C5)CC4C6)n3)cc2)cc1. The standard InChI is InChI=1S/C56H43N3/c1-3-13-37(14-4-1)38-23-25-40(26-24-38)53-57-52(39-15-5-2-6-16-39)58-54(59-53)41-27-28-50-51(34-41)55(42-30-35-29-36(32-42)33-43(55)31-35)48-21-11-12-22-49(48)56(50)46-19-9-7-17-44(46)45-18-8-10-20-47(45)56/h1-28,34-36,42-43H,29-33H2. The lowest BCUT2D eigenvalue weighted by atomic mass is 9.38. The summed E-state index contributed by atoms with van der Waals surface area (Å²) in [7, 11) is 0. The van der Waals surface area contributed by atoms with Crippen molar-refractivity contribution < 1.29 is 0 Å². The van der Waals surface area contributed by atoms with Gasteiger partial charge in [-0.3, -0.25) is 0 Å². The molecule has 8 aromatic rings. The monoisotopic (exact) mass is 757 g/mol. The zero-order valence-corrected chi connectivity index (χ0v) is 32.9. The van der Waals surface area contributed by atoms with Crippen LogP contribution in [-0.2, 0) is 10.8 Å². The first-order valence-electron chi connectivity index (χ1n) is 21.6. The van der Waals surface area contributed by atoms with Crippen LogP contribution in [0.25, 0.3) is 56.4 Å². The molecule has 7 aromatic carbocycles. The molecule has 3 heteroatoms. The molecule has 4 saturated carbocycles. The Balaban J connectivity index is 1.07. The summed E-state index contributed by atoms with van der Waals surface area (Å²) in [6.07, 6.45) is 6.69. The maximum atomic E-state index is 5.36. The van der Waals surface area contributed by atoms with E-state index in [1.54, 1.807) is 5.56 Å². The van der Waals surface area contributed by atoms with Crippen LogP contribution in [0.2, 0.25) is 0 Å². The molecule has 0 radical (unpaired) electrons. The molecule has 0 N–H and O–H groups in total. The first kappa shape index (κ1) is 33.5. The second-order valence-corrected chi connectivity index (χ2v) is 17.9. The summed E-state index contributed by atoms with van der Waals surface area (Å²) < 4.78 is 0. The minimum atomic E-state index is -0.419. The Labute approximate surface area is 345 Å². The summed E-state index contributed by atoms with van der Waals surface area (Å²) in [5, 5.41) is 0. The predicted molar refractivity (Wildman–Crippen MR) is 237 cm³/mol. The van der Waals surface area contributed by atoms with Gasteiger partial charge in [-0.1, -0.05) is 170 Å². The summed E-state index contributed by atoms with van der Waals surface area (Å²) >= 11 is 0. The van der Waals surface area contributed by atoms with Gasteiger partial charge in [0.2, 0.25) is 0 Å². The van der Waals surface area contributed by atoms with Crippen LogP contribution in [0.3, 0.4) is 0 Å². The molecule has 0 aliphatic heterocycles. The van der Waals surface area contributed by atoms with Crippen LogP contribution >= 0.6 is 0 Å². The smallest absolute Gasteiger partial charge is 0.164 e. The average molecular weight is 758 g/mol. The van der Waals surface area contributed by atoms with Crippen LogP contribution in [0.15, 0.2) is 176 Å². The van der Waals surface area contributed by atoms with E-state index in [0.717, 1.165) is 34.4 Å². The van der Waals surface area contributed by atoms with Crippen LogP contribution in [-0.4, -0.2) is 15.0 Å². The molecule has 0 saturated heterocycles. The Morgan fingerprint density at radius 2 is 0.729 bits per heavy atom. The van der Waals surface area contributed by atoms with Gasteiger partial charge >= 0.3 is 0 Å². The van der Waals surface area contributed by atoms with E-state index in [2.05, 4.69) is 176 Å². The normalized spacial score (nSPS) is 23.5. The van der Waals surface area contributed by atoms with Crippen molar-refractivity contribution in [2.45, 2.75) is 42.9 Å². The number of rotatable bonds is 4. The van der Waals surface area contributed by atoms with E-state index < -0.39 is 5.41 Å². The third kappa shape index (κ3) is 4.62. The lowest BCUT2D eigenvalue weighted by Gasteiger charge is -2.65. The van der Waals surface area contributed by atoms with E-state index in [1.807, 2.05) is 0 Å². The number of fused-ring (bicyclic) bond motifs is 9. The van der Waals surface area contributed by atoms with E-state index >= 15 is 0 Å². The molecular weight excluding hydrogens is 715 g/mol. The van der Waals surface area contributed by atoms with Crippen LogP contribution in [0, 0.1) is 23.7 Å². The van der Waals surface area contributed by atoms with E-state index in [4.69, 9.17) is 15.0 Å². The lowest BCUT2D eigenvalue weighted by molar-refractivity contribution is -0.0440. The van der Waals surface area contributed by atoms with Gasteiger partial charge in [0, 0.05) is 22.1 Å². The van der Waals surface area contributed by atoms with Gasteiger partial charge in [-0.2, -0.15) is 0 Å². The predicted octanol–water partition coefficient (Wildman–Crippen LogP) is 13.0. The second kappa shape index (κ2) is 12.5. The molecule has 14 rings (SSSR count). The van der Waals surface area contributed by atoms with E-state index in [0.29, 0.717) is 23.5 Å². The van der Waals surface area contributed by atoms with Crippen LogP contribution in [0.5, 0.6) is 0 Å². The Morgan fingerprint density at radius 3 is 1.32 bits per heavy atom. The summed E-state index contributed by atoms with van der Waals surface area (Å²) in [6.45, 7) is 0. The minimum Gasteiger partial charge on any atom is -0.208 e. The van der Waals surface area contributed by atoms with Gasteiger partial charge in [-0.05, 0) is 117 Å². The van der Waals surface area contributed by atoms with Gasteiger partial charge in [0.15, 0.2) is 17.5 Å². The van der Waals surface area contributed by atoms with Crippen molar-refractivity contribution in [2.24, 2.45) is 23.7 Å². The molecule has 4 bridgehead atoms. The fourth-order valence-corrected chi connectivity index (χ4v) is 13.2. The number of hydrogen-bond donors (Lipinski definition) is 0. The van der Waals surface area contributed by atoms with Crippen molar-refractivity contribution in [3.05, 3.63) is 209 Å². The van der Waals surface area contributed by atoms with Crippen LogP contribution < -0.4 is 0 Å². The Bertz CT molecular complexity index is 2880. The maximum absolute atomic E-state index is 5.36. The average Bonchev–Trinajstić information content (AvgIpc) is 3.60. The van der Waals surface area contributed by atoms with Crippen LogP contribution in [0.4, 0.5) is 0 Å². The molecule has 6 aliphatic carbocycles. The van der Waals surface area contributed by atoms with Gasteiger partial charge in [-0.15, -0.1) is 0 Å². The fourth-order valence-electron chi connectivity index (χ4n) is 13.2. The summed E-state index contributed by atoms with van der Waals surface area (Å²) in [5.74, 6) is 5.02. The van der Waals surface area contributed by atoms with Gasteiger partial charge < -0.3 is 0 Å². The highest BCUT2D eigenvalue weighted by atomic mass is 15.0. The quantitative estimate of drug-likeness (QED) is 0.179. The van der Waals surface area contributed by atoms with Crippen molar-refractivity contribution in [1.82, 2.24) is 15.0 Å². The zero-order valence-electron chi connectivity index (χ0n) is 32.9. The topological polar surface area (TPSA) is 38.7 Å². The molecule has 4 fully saturated rings. The Kier molecular flexibility index (Phi) is 7.12. The second-order valence-electron chi connectivity index (χ2n) is 17.9. The molecule has 1 heterocycles. The Hall–Kier alpha value is -6.45. The van der Waals surface area contributed by atoms with Crippen molar-refractivity contribution in [3.63, 3.8) is 0 Å². The van der Waals surface area contributed by atoms with Crippen molar-refractivity contribution in [2.75, 3.05) is 0 Å². The van der Waals surface area contributed by atoms with Crippen molar-refractivity contribution in [3.8, 4) is 56.4 Å². The molecule has 1 aromatic heterocycles. The Morgan fingerprint density at radius 1 is 0.322 bits per heavy atom. The zero-order chi connectivity index (χ0) is 38.7. The highest BCUT2D eigenvalue weighted by Gasteiger charge is 2.64. The third-order valence-electron chi connectivity index (χ3n) is 15.2. The van der Waals surface area contributed by atoms with Crippen molar-refractivity contribution >= 4 is 0 Å². The maximum Gasteiger partial charge on any atom is 0.164 e. The van der Waals surface area contributed by atoms with Crippen LogP contribution in [0.1, 0.15) is 65.5 Å². The molecule has 59 heavy (non-hydrogen) atoms. The lowest BCUT2D eigenvalue weighted by Crippen LogP contribution is -2.59. The third-order valence-corrected chi connectivity index (χ3v) is 15.2. The summed E-state index contributed by atoms with van der Waals surface area (Å²) in [6, 6.07) is 65.1. The fraction of sp³-hybridized carbons (Fsp3) is 0.196. The summed E-state index contributed by atoms with van der Waals surface area (Å²) in [5.41, 5.74) is 16.4. The molecule has 2 spiro atoms. The van der Waals surface area contributed by atoms with E-state index in [-0.39, 0.29) is 5.41 Å². The van der Waals surface area contributed by atoms with Gasteiger partial charge in [0.05, 0.1) is 5.41 Å². The highest BCUT2D eigenvalue weighted by Crippen LogP contribution is 2.71. The molecule has 6 aliphatic rings. The number of nitrogens with zero attached hydrogens (tertiary/aromatic N) is 3. The molecule has 0 amide bonds. The first-order chi connectivity index (χ1) is 29.2. The molecule has 0 atom stereocenters.